The van der Waals surface area contributed by atoms with E-state index in [0.29, 0.717) is 26.8 Å². The molecule has 0 N–H and O–H groups in total. The molecule has 0 atom stereocenters. The smallest absolute Gasteiger partial charge is 0.368 e. The minimum Gasteiger partial charge on any atom is -0.473 e. The number of benzene rings is 1. The van der Waals surface area contributed by atoms with Crippen LogP contribution >= 0.6 is 27.5 Å². The molecule has 0 fully saturated rings. The summed E-state index contributed by atoms with van der Waals surface area (Å²) >= 11 is 9.54. The van der Waals surface area contributed by atoms with E-state index >= 15 is 0 Å². The standard InChI is InChI=1S/C14H11BrClN5O2/c1-20-14(22)21(19-18-20)11-5-2-4-10(16)9(11)8-23-13-7-3-6-12(15)17-13/h2-7H,8H2,1H3. The number of rotatable bonds is 4. The highest BCUT2D eigenvalue weighted by Crippen LogP contribution is 2.24. The van der Waals surface area contributed by atoms with E-state index in [1.54, 1.807) is 30.3 Å². The first-order valence-corrected chi connectivity index (χ1v) is 7.75. The topological polar surface area (TPSA) is 74.8 Å². The molecule has 0 aliphatic carbocycles. The van der Waals surface area contributed by atoms with Crippen LogP contribution in [0.4, 0.5) is 0 Å². The number of hydrogen-bond donors (Lipinski definition) is 0. The van der Waals surface area contributed by atoms with E-state index in [9.17, 15) is 4.79 Å². The molecule has 3 aromatic rings. The van der Waals surface area contributed by atoms with Gasteiger partial charge in [-0.15, -0.1) is 0 Å². The normalized spacial score (nSPS) is 10.7. The monoisotopic (exact) mass is 395 g/mol. The van der Waals surface area contributed by atoms with Gasteiger partial charge >= 0.3 is 5.69 Å². The van der Waals surface area contributed by atoms with Crippen LogP contribution < -0.4 is 10.4 Å². The second kappa shape index (κ2) is 6.51. The number of pyridine rings is 1. The van der Waals surface area contributed by atoms with Crippen LogP contribution in [-0.4, -0.2) is 24.8 Å². The quantitative estimate of drug-likeness (QED) is 0.633. The van der Waals surface area contributed by atoms with Crippen molar-refractivity contribution in [1.29, 1.82) is 0 Å². The number of halogens is 2. The lowest BCUT2D eigenvalue weighted by atomic mass is 10.2. The summed E-state index contributed by atoms with van der Waals surface area (Å²) < 4.78 is 8.65. The minimum atomic E-state index is -0.367. The first-order valence-electron chi connectivity index (χ1n) is 6.58. The van der Waals surface area contributed by atoms with Crippen LogP contribution in [0.1, 0.15) is 5.56 Å². The van der Waals surface area contributed by atoms with Crippen LogP contribution in [0.15, 0.2) is 45.8 Å². The first kappa shape index (κ1) is 15.7. The molecular formula is C14H11BrClN5O2. The van der Waals surface area contributed by atoms with E-state index in [0.717, 1.165) is 4.68 Å². The molecule has 0 amide bonds. The molecule has 0 spiro atoms. The largest absolute Gasteiger partial charge is 0.473 e. The lowest BCUT2D eigenvalue weighted by Crippen LogP contribution is -2.23. The zero-order valence-corrected chi connectivity index (χ0v) is 14.3. The van der Waals surface area contributed by atoms with Crippen molar-refractivity contribution in [1.82, 2.24) is 24.8 Å². The van der Waals surface area contributed by atoms with Crippen LogP contribution in [0.3, 0.4) is 0 Å². The van der Waals surface area contributed by atoms with E-state index < -0.39 is 0 Å². The molecule has 1 aromatic carbocycles. The maximum Gasteiger partial charge on any atom is 0.368 e. The van der Waals surface area contributed by atoms with Crippen LogP contribution in [0.5, 0.6) is 5.88 Å². The van der Waals surface area contributed by atoms with Gasteiger partial charge in [0.05, 0.1) is 5.69 Å². The number of aromatic nitrogens is 5. The fraction of sp³-hybridized carbons (Fsp3) is 0.143. The van der Waals surface area contributed by atoms with E-state index in [2.05, 4.69) is 31.3 Å². The van der Waals surface area contributed by atoms with Gasteiger partial charge in [0.1, 0.15) is 11.2 Å². The van der Waals surface area contributed by atoms with Gasteiger partial charge in [-0.05, 0) is 44.6 Å². The van der Waals surface area contributed by atoms with Gasteiger partial charge in [-0.3, -0.25) is 0 Å². The lowest BCUT2D eigenvalue weighted by Gasteiger charge is -2.11. The van der Waals surface area contributed by atoms with Crippen LogP contribution in [-0.2, 0) is 13.7 Å². The van der Waals surface area contributed by atoms with Crippen molar-refractivity contribution in [2.24, 2.45) is 7.05 Å². The Morgan fingerprint density at radius 2 is 2.00 bits per heavy atom. The van der Waals surface area contributed by atoms with Gasteiger partial charge < -0.3 is 4.74 Å². The molecule has 118 valence electrons. The molecule has 0 bridgehead atoms. The molecule has 3 rings (SSSR count). The third-order valence-corrected chi connectivity index (χ3v) is 3.89. The van der Waals surface area contributed by atoms with Gasteiger partial charge in [-0.25, -0.2) is 9.78 Å². The van der Waals surface area contributed by atoms with Gasteiger partial charge in [-0.1, -0.05) is 23.7 Å². The number of tetrazole rings is 1. The van der Waals surface area contributed by atoms with E-state index in [-0.39, 0.29) is 12.3 Å². The Hall–Kier alpha value is -2.19. The minimum absolute atomic E-state index is 0.140. The molecule has 7 nitrogen and oxygen atoms in total. The zero-order valence-electron chi connectivity index (χ0n) is 12.0. The molecule has 9 heteroatoms. The predicted molar refractivity (Wildman–Crippen MR) is 87.9 cm³/mol. The second-order valence-corrected chi connectivity index (χ2v) is 5.84. The molecule has 0 saturated heterocycles. The van der Waals surface area contributed by atoms with Gasteiger partial charge in [0.25, 0.3) is 0 Å². The number of aryl methyl sites for hydroxylation is 1. The summed E-state index contributed by atoms with van der Waals surface area (Å²) in [6, 6.07) is 10.5. The van der Waals surface area contributed by atoms with Gasteiger partial charge in [-0.2, -0.15) is 9.36 Å². The van der Waals surface area contributed by atoms with Crippen molar-refractivity contribution in [2.45, 2.75) is 6.61 Å². The first-order chi connectivity index (χ1) is 11.1. The van der Waals surface area contributed by atoms with Crippen LogP contribution in [0, 0.1) is 0 Å². The van der Waals surface area contributed by atoms with Gasteiger partial charge in [0.2, 0.25) is 5.88 Å². The Morgan fingerprint density at radius 3 is 2.70 bits per heavy atom. The molecule has 0 aliphatic heterocycles. The lowest BCUT2D eigenvalue weighted by molar-refractivity contribution is 0.293. The third-order valence-electron chi connectivity index (χ3n) is 3.10. The predicted octanol–water partition coefficient (Wildman–Crippen LogP) is 2.36. The van der Waals surface area contributed by atoms with E-state index in [1.165, 1.54) is 11.7 Å². The highest BCUT2D eigenvalue weighted by Gasteiger charge is 2.14. The van der Waals surface area contributed by atoms with Crippen LogP contribution in [0.2, 0.25) is 5.02 Å². The molecule has 0 radical (unpaired) electrons. The summed E-state index contributed by atoms with van der Waals surface area (Å²) in [5.41, 5.74) is 0.776. The Labute approximate surface area is 144 Å². The maximum absolute atomic E-state index is 12.1. The Morgan fingerprint density at radius 1 is 1.22 bits per heavy atom. The second-order valence-electron chi connectivity index (χ2n) is 4.62. The number of nitrogens with zero attached hydrogens (tertiary/aromatic N) is 5. The molecular weight excluding hydrogens is 386 g/mol. The van der Waals surface area contributed by atoms with Crippen molar-refractivity contribution in [3.8, 4) is 11.6 Å². The molecule has 23 heavy (non-hydrogen) atoms. The average molecular weight is 397 g/mol. The summed E-state index contributed by atoms with van der Waals surface area (Å²) in [5.74, 6) is 0.441. The van der Waals surface area contributed by atoms with Crippen molar-refractivity contribution in [3.05, 3.63) is 62.1 Å². The van der Waals surface area contributed by atoms with Crippen LogP contribution in [0.25, 0.3) is 5.69 Å². The summed E-state index contributed by atoms with van der Waals surface area (Å²) in [7, 11) is 1.53. The SMILES string of the molecule is Cn1nnn(-c2cccc(Cl)c2COc2cccc(Br)n2)c1=O. The summed E-state index contributed by atoms with van der Waals surface area (Å²) in [4.78, 5) is 16.2. The summed E-state index contributed by atoms with van der Waals surface area (Å²) in [5, 5.41) is 8.01. The number of ether oxygens (including phenoxy) is 1. The molecule has 2 heterocycles. The fourth-order valence-electron chi connectivity index (χ4n) is 1.97. The molecule has 2 aromatic heterocycles. The van der Waals surface area contributed by atoms with Crippen molar-refractivity contribution in [2.75, 3.05) is 0 Å². The number of hydrogen-bond acceptors (Lipinski definition) is 5. The van der Waals surface area contributed by atoms with E-state index in [1.807, 2.05) is 6.07 Å². The Kier molecular flexibility index (Phi) is 4.44. The van der Waals surface area contributed by atoms with Crippen molar-refractivity contribution >= 4 is 27.5 Å². The van der Waals surface area contributed by atoms with Crippen molar-refractivity contribution in [3.63, 3.8) is 0 Å². The highest BCUT2D eigenvalue weighted by atomic mass is 79.9. The molecule has 0 unspecified atom stereocenters. The van der Waals surface area contributed by atoms with E-state index in [4.69, 9.17) is 16.3 Å². The highest BCUT2D eigenvalue weighted by molar-refractivity contribution is 9.10. The Bertz CT molecular complexity index is 908. The maximum atomic E-state index is 12.1. The van der Waals surface area contributed by atoms with Gasteiger partial charge in [0.15, 0.2) is 0 Å². The zero-order chi connectivity index (χ0) is 16.4. The Balaban J connectivity index is 1.96. The van der Waals surface area contributed by atoms with Crippen molar-refractivity contribution < 1.29 is 4.74 Å². The fourth-order valence-corrected chi connectivity index (χ4v) is 2.52. The summed E-state index contributed by atoms with van der Waals surface area (Å²) in [6.45, 7) is 0.140. The summed E-state index contributed by atoms with van der Waals surface area (Å²) in [6.07, 6.45) is 0. The molecule has 0 aliphatic rings. The third kappa shape index (κ3) is 3.27. The average Bonchev–Trinajstić information content (AvgIpc) is 2.86. The molecule has 0 saturated carbocycles. The van der Waals surface area contributed by atoms with Gasteiger partial charge in [0, 0.05) is 23.7 Å².